The molecule has 136 valence electrons. The number of aliphatic hydroxyl groups excluding tert-OH is 1. The van der Waals surface area contributed by atoms with Crippen LogP contribution in [-0.4, -0.2) is 54.9 Å². The molecule has 0 aromatic rings. The number of aliphatic hydroxyl groups is 1. The number of nitrogens with one attached hydrogen (secondary N) is 2. The van der Waals surface area contributed by atoms with E-state index < -0.39 is 23.3 Å². The Bertz CT molecular complexity index is 486. The van der Waals surface area contributed by atoms with Crippen molar-refractivity contribution in [1.29, 1.82) is 5.41 Å². The van der Waals surface area contributed by atoms with Gasteiger partial charge in [-0.05, 0) is 33.1 Å². The SMILES string of the molecule is CCOC(=O)/C=C(\ONC(=N)C1(OCCO)CCC1)C(=O)OCC. The number of hydrogen-bond acceptors (Lipinski definition) is 8. The molecule has 1 fully saturated rings. The van der Waals surface area contributed by atoms with Gasteiger partial charge < -0.3 is 24.2 Å². The van der Waals surface area contributed by atoms with Crippen LogP contribution in [0, 0.1) is 5.41 Å². The van der Waals surface area contributed by atoms with Crippen molar-refractivity contribution in [1.82, 2.24) is 5.48 Å². The first-order valence-corrected chi connectivity index (χ1v) is 7.81. The Labute approximate surface area is 140 Å². The van der Waals surface area contributed by atoms with E-state index in [1.807, 2.05) is 0 Å². The zero-order valence-electron chi connectivity index (χ0n) is 13.9. The second kappa shape index (κ2) is 9.89. The van der Waals surface area contributed by atoms with Gasteiger partial charge in [0.25, 0.3) is 0 Å². The number of carbonyl (C=O) groups excluding carboxylic acids is 2. The lowest BCUT2D eigenvalue weighted by atomic mass is 9.79. The number of hydroxylamine groups is 1. The monoisotopic (exact) mass is 344 g/mol. The van der Waals surface area contributed by atoms with E-state index in [0.29, 0.717) is 12.8 Å². The smallest absolute Gasteiger partial charge is 0.377 e. The molecular formula is C15H24N2O7. The highest BCUT2D eigenvalue weighted by Gasteiger charge is 2.43. The number of amidine groups is 1. The Morgan fingerprint density at radius 1 is 1.25 bits per heavy atom. The first-order valence-electron chi connectivity index (χ1n) is 7.81. The third-order valence-electron chi connectivity index (χ3n) is 3.36. The van der Waals surface area contributed by atoms with Gasteiger partial charge in [0.15, 0.2) is 5.84 Å². The number of esters is 2. The van der Waals surface area contributed by atoms with E-state index >= 15 is 0 Å². The van der Waals surface area contributed by atoms with E-state index in [4.69, 9.17) is 29.6 Å². The summed E-state index contributed by atoms with van der Waals surface area (Å²) in [6.45, 7) is 3.42. The standard InChI is InChI=1S/C15H24N2O7/c1-3-21-12(19)10-11(13(20)22-4-2)24-17-14(16)15(6-5-7-15)23-9-8-18/h10,18H,3-9H2,1-2H3,(H2,16,17)/b11-10-. The molecule has 0 atom stereocenters. The van der Waals surface area contributed by atoms with E-state index in [9.17, 15) is 9.59 Å². The van der Waals surface area contributed by atoms with Gasteiger partial charge in [0.05, 0.1) is 32.5 Å². The molecule has 9 nitrogen and oxygen atoms in total. The Morgan fingerprint density at radius 3 is 2.42 bits per heavy atom. The van der Waals surface area contributed by atoms with E-state index in [1.54, 1.807) is 13.8 Å². The second-order valence-corrected chi connectivity index (χ2v) is 4.98. The molecule has 0 amide bonds. The lowest BCUT2D eigenvalue weighted by Gasteiger charge is -2.41. The maximum Gasteiger partial charge on any atom is 0.377 e. The van der Waals surface area contributed by atoms with Crippen LogP contribution < -0.4 is 5.48 Å². The topological polar surface area (TPSA) is 127 Å². The Balaban J connectivity index is 2.71. The molecule has 1 rings (SSSR count). The molecule has 24 heavy (non-hydrogen) atoms. The predicted molar refractivity (Wildman–Crippen MR) is 82.9 cm³/mol. The van der Waals surface area contributed by atoms with Crippen molar-refractivity contribution in [3.05, 3.63) is 11.8 Å². The molecule has 1 aliphatic carbocycles. The van der Waals surface area contributed by atoms with Crippen LogP contribution in [0.4, 0.5) is 0 Å². The highest BCUT2D eigenvalue weighted by atomic mass is 16.7. The zero-order chi connectivity index (χ0) is 18.0. The molecule has 9 heteroatoms. The summed E-state index contributed by atoms with van der Waals surface area (Å²) in [5, 5.41) is 16.9. The van der Waals surface area contributed by atoms with Gasteiger partial charge in [0, 0.05) is 0 Å². The van der Waals surface area contributed by atoms with Gasteiger partial charge in [0.1, 0.15) is 5.60 Å². The average Bonchev–Trinajstić information content (AvgIpc) is 2.50. The molecule has 0 spiro atoms. The highest BCUT2D eigenvalue weighted by Crippen LogP contribution is 2.36. The van der Waals surface area contributed by atoms with Crippen molar-refractivity contribution >= 4 is 17.8 Å². The molecule has 0 radical (unpaired) electrons. The van der Waals surface area contributed by atoms with Crippen molar-refractivity contribution in [2.45, 2.75) is 38.7 Å². The van der Waals surface area contributed by atoms with E-state index in [0.717, 1.165) is 12.5 Å². The second-order valence-electron chi connectivity index (χ2n) is 4.98. The molecule has 3 N–H and O–H groups in total. The van der Waals surface area contributed by atoms with Crippen LogP contribution in [0.3, 0.4) is 0 Å². The van der Waals surface area contributed by atoms with Gasteiger partial charge in [-0.3, -0.25) is 5.41 Å². The van der Waals surface area contributed by atoms with Crippen LogP contribution in [-0.2, 0) is 28.6 Å². The van der Waals surface area contributed by atoms with Crippen LogP contribution in [0.25, 0.3) is 0 Å². The minimum absolute atomic E-state index is 0.0907. The molecule has 0 aliphatic heterocycles. The lowest BCUT2D eigenvalue weighted by Crippen LogP contribution is -2.53. The van der Waals surface area contributed by atoms with Gasteiger partial charge in [-0.1, -0.05) is 0 Å². The van der Waals surface area contributed by atoms with Crippen molar-refractivity contribution in [3.8, 4) is 0 Å². The molecule has 0 saturated heterocycles. The van der Waals surface area contributed by atoms with Crippen molar-refractivity contribution in [2.24, 2.45) is 0 Å². The van der Waals surface area contributed by atoms with Crippen molar-refractivity contribution < 1.29 is 33.7 Å². The quantitative estimate of drug-likeness (QED) is 0.130. The summed E-state index contributed by atoms with van der Waals surface area (Å²) in [5.74, 6) is -2.13. The largest absolute Gasteiger partial charge is 0.463 e. The van der Waals surface area contributed by atoms with E-state index in [1.165, 1.54) is 0 Å². The molecule has 0 aromatic carbocycles. The van der Waals surface area contributed by atoms with E-state index in [2.05, 4.69) is 5.48 Å². The molecular weight excluding hydrogens is 320 g/mol. The summed E-state index contributed by atoms with van der Waals surface area (Å²) in [4.78, 5) is 28.4. The molecule has 0 bridgehead atoms. The van der Waals surface area contributed by atoms with E-state index in [-0.39, 0.29) is 32.3 Å². The van der Waals surface area contributed by atoms with Crippen LogP contribution in [0.2, 0.25) is 0 Å². The van der Waals surface area contributed by atoms with Crippen LogP contribution in [0.1, 0.15) is 33.1 Å². The highest BCUT2D eigenvalue weighted by molar-refractivity contribution is 5.95. The maximum absolute atomic E-state index is 11.8. The minimum atomic E-state index is -0.869. The lowest BCUT2D eigenvalue weighted by molar-refractivity contribution is -0.145. The molecule has 1 aliphatic rings. The van der Waals surface area contributed by atoms with Crippen LogP contribution in [0.5, 0.6) is 0 Å². The third kappa shape index (κ3) is 5.50. The molecule has 0 unspecified atom stereocenters. The normalized spacial score (nSPS) is 15.9. The number of rotatable bonds is 10. The summed E-state index contributed by atoms with van der Waals surface area (Å²) in [5.41, 5.74) is 1.45. The Hall–Kier alpha value is -2.13. The summed E-state index contributed by atoms with van der Waals surface area (Å²) in [6.07, 6.45) is 2.92. The van der Waals surface area contributed by atoms with Crippen molar-refractivity contribution in [2.75, 3.05) is 26.4 Å². The third-order valence-corrected chi connectivity index (χ3v) is 3.36. The Morgan fingerprint density at radius 2 is 1.92 bits per heavy atom. The zero-order valence-corrected chi connectivity index (χ0v) is 13.9. The Kier molecular flexibility index (Phi) is 8.20. The van der Waals surface area contributed by atoms with Gasteiger partial charge >= 0.3 is 11.9 Å². The average molecular weight is 344 g/mol. The molecule has 1 saturated carbocycles. The fourth-order valence-corrected chi connectivity index (χ4v) is 2.03. The summed E-state index contributed by atoms with van der Waals surface area (Å²) in [7, 11) is 0. The summed E-state index contributed by atoms with van der Waals surface area (Å²) >= 11 is 0. The van der Waals surface area contributed by atoms with Gasteiger partial charge in [-0.15, -0.1) is 0 Å². The molecule has 0 aromatic heterocycles. The number of hydrogen-bond donors (Lipinski definition) is 3. The van der Waals surface area contributed by atoms with Gasteiger partial charge in [-0.25, -0.2) is 15.1 Å². The number of ether oxygens (including phenoxy) is 3. The molecule has 0 heterocycles. The van der Waals surface area contributed by atoms with Crippen LogP contribution in [0.15, 0.2) is 11.8 Å². The fraction of sp³-hybridized carbons (Fsp3) is 0.667. The van der Waals surface area contributed by atoms with Gasteiger partial charge in [0.2, 0.25) is 5.76 Å². The maximum atomic E-state index is 11.8. The fourth-order valence-electron chi connectivity index (χ4n) is 2.03. The van der Waals surface area contributed by atoms with Gasteiger partial charge in [-0.2, -0.15) is 0 Å². The summed E-state index contributed by atoms with van der Waals surface area (Å²) < 4.78 is 15.0. The predicted octanol–water partition coefficient (Wildman–Crippen LogP) is 0.427. The summed E-state index contributed by atoms with van der Waals surface area (Å²) in [6, 6.07) is 0. The van der Waals surface area contributed by atoms with Crippen molar-refractivity contribution in [3.63, 3.8) is 0 Å². The number of carbonyl (C=O) groups is 2. The minimum Gasteiger partial charge on any atom is -0.463 e. The first-order chi connectivity index (χ1) is 11.5. The first kappa shape index (κ1) is 19.9. The van der Waals surface area contributed by atoms with Crippen LogP contribution >= 0.6 is 0 Å².